The highest BCUT2D eigenvalue weighted by molar-refractivity contribution is 7.99. The van der Waals surface area contributed by atoms with E-state index < -0.39 is 0 Å². The summed E-state index contributed by atoms with van der Waals surface area (Å²) in [4.78, 5) is 12.6. The maximum absolute atomic E-state index is 12.6. The zero-order chi connectivity index (χ0) is 21.6. The number of hydrogen-bond donors (Lipinski definition) is 1. The molecular weight excluding hydrogens is 408 g/mol. The fraction of sp³-hybridized carbons (Fsp3) is 0.208. The number of benzene rings is 2. The standard InChI is InChI=1S/C24H24N4O2S/c1-17(20-11-7-4-8-12-20)25-22(29)16-31-24-27-26-23(21-13-14-30-18(21)2)28(24)15-19-9-5-3-6-10-19/h3-14,17H,15-16H2,1-2H3,(H,25,29)/t17-/m1/s1. The van der Waals surface area contributed by atoms with Crippen molar-refractivity contribution >= 4 is 17.7 Å². The fourth-order valence-electron chi connectivity index (χ4n) is 3.36. The van der Waals surface area contributed by atoms with Crippen LogP contribution >= 0.6 is 11.8 Å². The van der Waals surface area contributed by atoms with Crippen LogP contribution in [0.25, 0.3) is 11.4 Å². The van der Waals surface area contributed by atoms with Crippen molar-refractivity contribution in [3.8, 4) is 11.4 Å². The molecule has 2 aromatic carbocycles. The maximum atomic E-state index is 12.6. The molecule has 7 heteroatoms. The fourth-order valence-corrected chi connectivity index (χ4v) is 4.11. The van der Waals surface area contributed by atoms with E-state index in [4.69, 9.17) is 4.42 Å². The van der Waals surface area contributed by atoms with E-state index in [0.29, 0.717) is 11.7 Å². The molecule has 31 heavy (non-hydrogen) atoms. The summed E-state index contributed by atoms with van der Waals surface area (Å²) in [6, 6.07) is 21.9. The highest BCUT2D eigenvalue weighted by Gasteiger charge is 2.19. The normalized spacial score (nSPS) is 11.9. The van der Waals surface area contributed by atoms with Crippen LogP contribution in [-0.4, -0.2) is 26.4 Å². The van der Waals surface area contributed by atoms with Crippen molar-refractivity contribution in [1.82, 2.24) is 20.1 Å². The number of amides is 1. The molecule has 0 saturated carbocycles. The van der Waals surface area contributed by atoms with Crippen molar-refractivity contribution in [2.45, 2.75) is 31.6 Å². The molecule has 0 spiro atoms. The average molecular weight is 433 g/mol. The van der Waals surface area contributed by atoms with Gasteiger partial charge in [0, 0.05) is 0 Å². The number of furan rings is 1. The number of carbonyl (C=O) groups is 1. The van der Waals surface area contributed by atoms with Gasteiger partial charge in [0.25, 0.3) is 0 Å². The number of nitrogens with zero attached hydrogens (tertiary/aromatic N) is 3. The Hall–Kier alpha value is -3.32. The van der Waals surface area contributed by atoms with Crippen molar-refractivity contribution in [3.05, 3.63) is 89.9 Å². The number of aromatic nitrogens is 3. The number of thioether (sulfide) groups is 1. The Morgan fingerprint density at radius 1 is 1.06 bits per heavy atom. The Kier molecular flexibility index (Phi) is 6.52. The van der Waals surface area contributed by atoms with Crippen LogP contribution < -0.4 is 5.32 Å². The number of rotatable bonds is 8. The summed E-state index contributed by atoms with van der Waals surface area (Å²) in [7, 11) is 0. The third-order valence-electron chi connectivity index (χ3n) is 5.01. The van der Waals surface area contributed by atoms with Crippen molar-refractivity contribution in [3.63, 3.8) is 0 Å². The van der Waals surface area contributed by atoms with Gasteiger partial charge in [-0.15, -0.1) is 10.2 Å². The van der Waals surface area contributed by atoms with Crippen molar-refractivity contribution in [1.29, 1.82) is 0 Å². The Morgan fingerprint density at radius 2 is 1.77 bits per heavy atom. The van der Waals surface area contributed by atoms with Gasteiger partial charge >= 0.3 is 0 Å². The first-order valence-electron chi connectivity index (χ1n) is 10.1. The monoisotopic (exact) mass is 432 g/mol. The summed E-state index contributed by atoms with van der Waals surface area (Å²) >= 11 is 1.38. The van der Waals surface area contributed by atoms with E-state index in [1.54, 1.807) is 6.26 Å². The van der Waals surface area contributed by atoms with E-state index in [1.807, 2.05) is 73.0 Å². The van der Waals surface area contributed by atoms with E-state index in [1.165, 1.54) is 11.8 Å². The lowest BCUT2D eigenvalue weighted by molar-refractivity contribution is -0.119. The molecule has 4 rings (SSSR count). The van der Waals surface area contributed by atoms with Gasteiger partial charge < -0.3 is 9.73 Å². The number of hydrogen-bond acceptors (Lipinski definition) is 5. The molecule has 4 aromatic rings. The minimum absolute atomic E-state index is 0.0448. The van der Waals surface area contributed by atoms with Crippen LogP contribution in [-0.2, 0) is 11.3 Å². The predicted molar refractivity (Wildman–Crippen MR) is 122 cm³/mol. The van der Waals surface area contributed by atoms with Crippen LogP contribution in [0.1, 0.15) is 29.9 Å². The summed E-state index contributed by atoms with van der Waals surface area (Å²) < 4.78 is 7.50. The Bertz CT molecular complexity index is 1140. The minimum Gasteiger partial charge on any atom is -0.469 e. The van der Waals surface area contributed by atoms with Gasteiger partial charge in [0.2, 0.25) is 5.91 Å². The topological polar surface area (TPSA) is 72.9 Å². The second-order valence-corrected chi connectivity index (χ2v) is 8.20. The largest absolute Gasteiger partial charge is 0.469 e. The molecule has 0 fully saturated rings. The first-order valence-corrected chi connectivity index (χ1v) is 11.1. The van der Waals surface area contributed by atoms with Crippen LogP contribution in [0.2, 0.25) is 0 Å². The summed E-state index contributed by atoms with van der Waals surface area (Å²) in [6.07, 6.45) is 1.65. The molecule has 0 radical (unpaired) electrons. The van der Waals surface area contributed by atoms with E-state index in [0.717, 1.165) is 28.3 Å². The predicted octanol–water partition coefficient (Wildman–Crippen LogP) is 4.86. The molecule has 2 heterocycles. The molecule has 1 atom stereocenters. The molecule has 0 aliphatic carbocycles. The number of nitrogens with one attached hydrogen (secondary N) is 1. The van der Waals surface area contributed by atoms with Gasteiger partial charge in [-0.3, -0.25) is 9.36 Å². The summed E-state index contributed by atoms with van der Waals surface area (Å²) in [5.74, 6) is 1.73. The van der Waals surface area contributed by atoms with Crippen molar-refractivity contribution < 1.29 is 9.21 Å². The molecule has 6 nitrogen and oxygen atoms in total. The van der Waals surface area contributed by atoms with Crippen LogP contribution in [0.5, 0.6) is 0 Å². The minimum atomic E-state index is -0.0550. The van der Waals surface area contributed by atoms with E-state index in [-0.39, 0.29) is 17.7 Å². The van der Waals surface area contributed by atoms with Crippen LogP contribution in [0.15, 0.2) is 82.6 Å². The molecule has 158 valence electrons. The lowest BCUT2D eigenvalue weighted by atomic mass is 10.1. The molecule has 0 aliphatic rings. The van der Waals surface area contributed by atoms with Gasteiger partial charge in [-0.05, 0) is 31.0 Å². The molecule has 0 bridgehead atoms. The third kappa shape index (κ3) is 5.06. The van der Waals surface area contributed by atoms with Crippen LogP contribution in [0.4, 0.5) is 0 Å². The quantitative estimate of drug-likeness (QED) is 0.402. The second-order valence-electron chi connectivity index (χ2n) is 7.26. The number of carbonyl (C=O) groups excluding carboxylic acids is 1. The summed E-state index contributed by atoms with van der Waals surface area (Å²) in [5, 5.41) is 12.5. The highest BCUT2D eigenvalue weighted by atomic mass is 32.2. The summed E-state index contributed by atoms with van der Waals surface area (Å²) in [6.45, 7) is 4.50. The average Bonchev–Trinajstić information content (AvgIpc) is 3.39. The molecule has 1 amide bonds. The van der Waals surface area contributed by atoms with Crippen LogP contribution in [0.3, 0.4) is 0 Å². The zero-order valence-electron chi connectivity index (χ0n) is 17.5. The van der Waals surface area contributed by atoms with Gasteiger partial charge in [0.1, 0.15) is 5.76 Å². The molecule has 1 N–H and O–H groups in total. The lowest BCUT2D eigenvalue weighted by Gasteiger charge is -2.14. The molecule has 0 unspecified atom stereocenters. The van der Waals surface area contributed by atoms with Gasteiger partial charge in [-0.2, -0.15) is 0 Å². The Morgan fingerprint density at radius 3 is 2.45 bits per heavy atom. The molecule has 2 aromatic heterocycles. The SMILES string of the molecule is Cc1occc1-c1nnc(SCC(=O)N[C@H](C)c2ccccc2)n1Cc1ccccc1. The summed E-state index contributed by atoms with van der Waals surface area (Å²) in [5.41, 5.74) is 3.11. The second kappa shape index (κ2) is 9.66. The van der Waals surface area contributed by atoms with Gasteiger partial charge in [0.15, 0.2) is 11.0 Å². The van der Waals surface area contributed by atoms with E-state index in [2.05, 4.69) is 27.6 Å². The Labute approximate surface area is 185 Å². The molecule has 0 aliphatic heterocycles. The lowest BCUT2D eigenvalue weighted by Crippen LogP contribution is -2.28. The third-order valence-corrected chi connectivity index (χ3v) is 5.98. The van der Waals surface area contributed by atoms with E-state index >= 15 is 0 Å². The first-order chi connectivity index (χ1) is 15.1. The zero-order valence-corrected chi connectivity index (χ0v) is 18.3. The van der Waals surface area contributed by atoms with E-state index in [9.17, 15) is 4.79 Å². The highest BCUT2D eigenvalue weighted by Crippen LogP contribution is 2.28. The smallest absolute Gasteiger partial charge is 0.230 e. The van der Waals surface area contributed by atoms with Gasteiger partial charge in [0.05, 0.1) is 30.2 Å². The molecule has 0 saturated heterocycles. The first kappa shape index (κ1) is 20.9. The Balaban J connectivity index is 1.50. The van der Waals surface area contributed by atoms with Crippen molar-refractivity contribution in [2.24, 2.45) is 0 Å². The maximum Gasteiger partial charge on any atom is 0.230 e. The molecular formula is C24H24N4O2S. The van der Waals surface area contributed by atoms with Gasteiger partial charge in [-0.25, -0.2) is 0 Å². The number of aryl methyl sites for hydroxylation is 1. The van der Waals surface area contributed by atoms with Crippen LogP contribution in [0, 0.1) is 6.92 Å². The van der Waals surface area contributed by atoms with Crippen molar-refractivity contribution in [2.75, 3.05) is 5.75 Å². The van der Waals surface area contributed by atoms with Gasteiger partial charge in [-0.1, -0.05) is 72.4 Å².